The number of carbonyl (C=O) groups is 3. The third-order valence-electron chi connectivity index (χ3n) is 4.41. The molecular weight excluding hydrogens is 386 g/mol. The molecule has 0 atom stereocenters. The number of ether oxygens (including phenoxy) is 2. The zero-order chi connectivity index (χ0) is 21.1. The first kappa shape index (κ1) is 19.1. The largest absolute Gasteiger partial charge is 0.484 e. The van der Waals surface area contributed by atoms with E-state index in [2.05, 4.69) is 10.3 Å². The van der Waals surface area contributed by atoms with Crippen LogP contribution in [0.1, 0.15) is 20.7 Å². The molecule has 2 heterocycles. The molecule has 0 bridgehead atoms. The summed E-state index contributed by atoms with van der Waals surface area (Å²) in [4.78, 5) is 41.4. The molecule has 0 saturated carbocycles. The first-order valence-electron chi connectivity index (χ1n) is 9.09. The van der Waals surface area contributed by atoms with Gasteiger partial charge in [0.15, 0.2) is 6.61 Å². The van der Waals surface area contributed by atoms with Crippen molar-refractivity contribution in [2.75, 3.05) is 19.0 Å². The van der Waals surface area contributed by atoms with Gasteiger partial charge in [0.1, 0.15) is 11.5 Å². The predicted molar refractivity (Wildman–Crippen MR) is 108 cm³/mol. The van der Waals surface area contributed by atoms with Gasteiger partial charge in [0.05, 0.1) is 11.1 Å². The van der Waals surface area contributed by atoms with Gasteiger partial charge in [-0.15, -0.1) is 0 Å². The summed E-state index contributed by atoms with van der Waals surface area (Å²) in [5.74, 6) is 0.266. The van der Waals surface area contributed by atoms with Gasteiger partial charge in [-0.3, -0.25) is 19.3 Å². The summed E-state index contributed by atoms with van der Waals surface area (Å²) >= 11 is 0. The molecule has 2 aromatic carbocycles. The lowest BCUT2D eigenvalue weighted by Crippen LogP contribution is -2.24. The molecule has 0 fully saturated rings. The van der Waals surface area contributed by atoms with Crippen LogP contribution >= 0.6 is 0 Å². The number of hydrogen-bond donors (Lipinski definition) is 1. The molecule has 150 valence electrons. The van der Waals surface area contributed by atoms with Crippen molar-refractivity contribution in [3.63, 3.8) is 0 Å². The lowest BCUT2D eigenvalue weighted by Gasteiger charge is -2.10. The van der Waals surface area contributed by atoms with Crippen LogP contribution in [0, 0.1) is 0 Å². The number of anilines is 1. The van der Waals surface area contributed by atoms with Gasteiger partial charge in [0.2, 0.25) is 5.88 Å². The Morgan fingerprint density at radius 1 is 0.967 bits per heavy atom. The Kier molecular flexibility index (Phi) is 5.13. The van der Waals surface area contributed by atoms with E-state index in [0.717, 1.165) is 4.90 Å². The normalized spacial score (nSPS) is 12.5. The molecule has 30 heavy (non-hydrogen) atoms. The number of aromatic nitrogens is 1. The number of rotatable bonds is 6. The second-order valence-electron chi connectivity index (χ2n) is 6.51. The minimum atomic E-state index is -0.406. The standard InChI is InChI=1S/C22H17N3O5/c1-25-21(27)17-9-8-14(11-18(17)22(25)28)24-19(26)13-29-15-5-4-6-16(12-15)30-20-7-2-3-10-23-20/h2-12H,13H2,1H3,(H,24,26). The molecule has 1 aromatic heterocycles. The van der Waals surface area contributed by atoms with Crippen molar-refractivity contribution >= 4 is 23.4 Å². The molecule has 1 aliphatic rings. The fourth-order valence-corrected chi connectivity index (χ4v) is 2.94. The third kappa shape index (κ3) is 3.97. The SMILES string of the molecule is CN1C(=O)c2ccc(NC(=O)COc3cccc(Oc4ccccn4)c3)cc2C1=O. The average molecular weight is 403 g/mol. The van der Waals surface area contributed by atoms with E-state index < -0.39 is 11.8 Å². The lowest BCUT2D eigenvalue weighted by atomic mass is 10.1. The number of nitrogens with zero attached hydrogens (tertiary/aromatic N) is 2. The number of hydrogen-bond acceptors (Lipinski definition) is 6. The van der Waals surface area contributed by atoms with E-state index in [-0.39, 0.29) is 18.1 Å². The van der Waals surface area contributed by atoms with E-state index in [1.165, 1.54) is 19.2 Å². The van der Waals surface area contributed by atoms with Gasteiger partial charge in [0, 0.05) is 31.1 Å². The molecule has 0 aliphatic carbocycles. The Hall–Kier alpha value is -4.20. The molecule has 3 aromatic rings. The smallest absolute Gasteiger partial charge is 0.262 e. The highest BCUT2D eigenvalue weighted by atomic mass is 16.5. The maximum atomic E-state index is 12.2. The van der Waals surface area contributed by atoms with Crippen LogP contribution in [0.3, 0.4) is 0 Å². The van der Waals surface area contributed by atoms with E-state index >= 15 is 0 Å². The molecule has 8 nitrogen and oxygen atoms in total. The Morgan fingerprint density at radius 2 is 1.77 bits per heavy atom. The Labute approximate surface area is 172 Å². The van der Waals surface area contributed by atoms with E-state index in [9.17, 15) is 14.4 Å². The van der Waals surface area contributed by atoms with Crippen molar-refractivity contribution in [2.24, 2.45) is 0 Å². The van der Waals surface area contributed by atoms with E-state index in [4.69, 9.17) is 9.47 Å². The quantitative estimate of drug-likeness (QED) is 0.635. The predicted octanol–water partition coefficient (Wildman–Crippen LogP) is 3.12. The maximum absolute atomic E-state index is 12.2. The summed E-state index contributed by atoms with van der Waals surface area (Å²) in [7, 11) is 1.42. The molecule has 0 saturated heterocycles. The molecule has 0 spiro atoms. The van der Waals surface area contributed by atoms with Gasteiger partial charge < -0.3 is 14.8 Å². The number of nitrogens with one attached hydrogen (secondary N) is 1. The summed E-state index contributed by atoms with van der Waals surface area (Å²) in [6.45, 7) is -0.239. The van der Waals surface area contributed by atoms with Crippen LogP contribution < -0.4 is 14.8 Å². The Morgan fingerprint density at radius 3 is 2.57 bits per heavy atom. The zero-order valence-electron chi connectivity index (χ0n) is 16.0. The number of pyridine rings is 1. The zero-order valence-corrected chi connectivity index (χ0v) is 16.0. The number of imide groups is 1. The number of amides is 3. The van der Waals surface area contributed by atoms with E-state index in [0.29, 0.717) is 28.6 Å². The fraction of sp³-hybridized carbons (Fsp3) is 0.0909. The molecule has 8 heteroatoms. The Balaban J connectivity index is 1.36. The summed E-state index contributed by atoms with van der Waals surface area (Å²) in [6.07, 6.45) is 1.63. The Bertz CT molecular complexity index is 1130. The minimum absolute atomic E-state index is 0.239. The second kappa shape index (κ2) is 8.04. The molecule has 1 N–H and O–H groups in total. The average Bonchev–Trinajstić information content (AvgIpc) is 2.97. The van der Waals surface area contributed by atoms with Crippen LogP contribution in [0.5, 0.6) is 17.4 Å². The van der Waals surface area contributed by atoms with Gasteiger partial charge >= 0.3 is 0 Å². The maximum Gasteiger partial charge on any atom is 0.262 e. The van der Waals surface area contributed by atoms with Crippen molar-refractivity contribution in [2.45, 2.75) is 0 Å². The van der Waals surface area contributed by atoms with Gasteiger partial charge in [-0.1, -0.05) is 12.1 Å². The summed E-state index contributed by atoms with van der Waals surface area (Å²) in [5.41, 5.74) is 0.994. The van der Waals surface area contributed by atoms with Crippen molar-refractivity contribution in [3.8, 4) is 17.4 Å². The van der Waals surface area contributed by atoms with Crippen molar-refractivity contribution < 1.29 is 23.9 Å². The van der Waals surface area contributed by atoms with Gasteiger partial charge in [-0.05, 0) is 36.4 Å². The van der Waals surface area contributed by atoms with Crippen LogP contribution in [-0.2, 0) is 4.79 Å². The third-order valence-corrected chi connectivity index (χ3v) is 4.41. The van der Waals surface area contributed by atoms with Gasteiger partial charge in [0.25, 0.3) is 17.7 Å². The number of fused-ring (bicyclic) bond motifs is 1. The van der Waals surface area contributed by atoms with Crippen LogP contribution in [0.4, 0.5) is 5.69 Å². The summed E-state index contributed by atoms with van der Waals surface area (Å²) < 4.78 is 11.2. The van der Waals surface area contributed by atoms with Crippen molar-refractivity contribution in [1.29, 1.82) is 0 Å². The minimum Gasteiger partial charge on any atom is -0.484 e. The van der Waals surface area contributed by atoms with Gasteiger partial charge in [-0.25, -0.2) is 4.98 Å². The monoisotopic (exact) mass is 403 g/mol. The number of benzene rings is 2. The molecule has 0 radical (unpaired) electrons. The first-order chi connectivity index (χ1) is 14.5. The van der Waals surface area contributed by atoms with E-state index in [1.54, 1.807) is 48.7 Å². The van der Waals surface area contributed by atoms with Crippen LogP contribution in [0.15, 0.2) is 66.9 Å². The molecular formula is C22H17N3O5. The molecule has 1 aliphatic heterocycles. The summed E-state index contributed by atoms with van der Waals surface area (Å²) in [5, 5.41) is 2.66. The lowest BCUT2D eigenvalue weighted by molar-refractivity contribution is -0.118. The highest BCUT2D eigenvalue weighted by Crippen LogP contribution is 2.25. The van der Waals surface area contributed by atoms with Gasteiger partial charge in [-0.2, -0.15) is 0 Å². The van der Waals surface area contributed by atoms with Crippen molar-refractivity contribution in [3.05, 3.63) is 78.0 Å². The van der Waals surface area contributed by atoms with Crippen molar-refractivity contribution in [1.82, 2.24) is 9.88 Å². The highest BCUT2D eigenvalue weighted by molar-refractivity contribution is 6.21. The second-order valence-corrected chi connectivity index (χ2v) is 6.51. The van der Waals surface area contributed by atoms with Crippen LogP contribution in [-0.4, -0.2) is 41.3 Å². The first-order valence-corrected chi connectivity index (χ1v) is 9.09. The topological polar surface area (TPSA) is 97.8 Å². The fourth-order valence-electron chi connectivity index (χ4n) is 2.94. The molecule has 4 rings (SSSR count). The summed E-state index contributed by atoms with van der Waals surface area (Å²) in [6, 6.07) is 16.8. The molecule has 0 unspecified atom stereocenters. The van der Waals surface area contributed by atoms with E-state index in [1.807, 2.05) is 6.07 Å². The highest BCUT2D eigenvalue weighted by Gasteiger charge is 2.32. The van der Waals surface area contributed by atoms with Crippen LogP contribution in [0.25, 0.3) is 0 Å². The number of carbonyl (C=O) groups excluding carboxylic acids is 3. The van der Waals surface area contributed by atoms with Crippen LogP contribution in [0.2, 0.25) is 0 Å². The molecule has 3 amide bonds.